The highest BCUT2D eigenvalue weighted by Gasteiger charge is 2.38. The molecule has 0 amide bonds. The summed E-state index contributed by atoms with van der Waals surface area (Å²) in [4.78, 5) is 7.06. The lowest BCUT2D eigenvalue weighted by Crippen LogP contribution is -2.33. The van der Waals surface area contributed by atoms with Crippen LogP contribution >= 0.6 is 11.6 Å². The first kappa shape index (κ1) is 24.4. The normalized spacial score (nSPS) is 24.3. The first-order valence-corrected chi connectivity index (χ1v) is 13.2. The number of hydrogen-bond donors (Lipinski definition) is 2. The van der Waals surface area contributed by atoms with Crippen molar-refractivity contribution in [2.45, 2.75) is 76.8 Å². The van der Waals surface area contributed by atoms with Crippen molar-refractivity contribution in [1.29, 1.82) is 0 Å². The number of benzene rings is 2. The van der Waals surface area contributed by atoms with Crippen LogP contribution in [0, 0.1) is 19.7 Å². The van der Waals surface area contributed by atoms with Gasteiger partial charge >= 0.3 is 0 Å². The Morgan fingerprint density at radius 3 is 2.49 bits per heavy atom. The molecular weight excluding hydrogens is 495 g/mol. The third-order valence-electron chi connectivity index (χ3n) is 7.92. The van der Waals surface area contributed by atoms with Gasteiger partial charge in [0.25, 0.3) is 0 Å². The summed E-state index contributed by atoms with van der Waals surface area (Å²) in [6, 6.07) is 10.8. The van der Waals surface area contributed by atoms with Gasteiger partial charge in [0, 0.05) is 17.3 Å². The number of aliphatic hydroxyl groups excluding tert-OH is 2. The van der Waals surface area contributed by atoms with Crippen molar-refractivity contribution in [3.63, 3.8) is 0 Å². The second-order valence-corrected chi connectivity index (χ2v) is 10.7. The quantitative estimate of drug-likeness (QED) is 0.329. The highest BCUT2D eigenvalue weighted by molar-refractivity contribution is 6.31. The third kappa shape index (κ3) is 4.21. The maximum atomic E-state index is 13.9. The number of hydrogen-bond acceptors (Lipinski definition) is 6. The highest BCUT2D eigenvalue weighted by Crippen LogP contribution is 2.44. The largest absolute Gasteiger partial charge is 0.393 e. The van der Waals surface area contributed by atoms with E-state index >= 15 is 0 Å². The molecule has 9 heteroatoms. The fraction of sp³-hybridized carbons (Fsp3) is 0.429. The molecule has 2 atom stereocenters. The summed E-state index contributed by atoms with van der Waals surface area (Å²) < 4.78 is 21.6. The molecule has 0 radical (unpaired) electrons. The van der Waals surface area contributed by atoms with Gasteiger partial charge in [-0.05, 0) is 88.3 Å². The van der Waals surface area contributed by atoms with Gasteiger partial charge in [-0.2, -0.15) is 0 Å². The van der Waals surface area contributed by atoms with E-state index in [9.17, 15) is 14.6 Å². The monoisotopic (exact) mass is 524 g/mol. The minimum atomic E-state index is -0.731. The van der Waals surface area contributed by atoms with Crippen molar-refractivity contribution in [2.75, 3.05) is 4.90 Å². The number of aromatic nitrogens is 3. The van der Waals surface area contributed by atoms with E-state index in [1.807, 2.05) is 18.7 Å². The Bertz CT molecular complexity index is 1440. The lowest BCUT2D eigenvalue weighted by atomic mass is 9.92. The van der Waals surface area contributed by atoms with Crippen LogP contribution in [0.4, 0.5) is 10.1 Å². The van der Waals surface area contributed by atoms with E-state index in [0.717, 1.165) is 65.1 Å². The number of anilines is 1. The molecule has 2 aromatic heterocycles. The van der Waals surface area contributed by atoms with Crippen molar-refractivity contribution in [3.05, 3.63) is 64.5 Å². The van der Waals surface area contributed by atoms with Crippen molar-refractivity contribution in [1.82, 2.24) is 14.7 Å². The number of fused-ring (bicyclic) bond motifs is 1. The first-order valence-electron chi connectivity index (χ1n) is 12.9. The molecule has 37 heavy (non-hydrogen) atoms. The number of nitrogens with zero attached hydrogens (tertiary/aromatic N) is 4. The minimum Gasteiger partial charge on any atom is -0.393 e. The summed E-state index contributed by atoms with van der Waals surface area (Å²) in [6.07, 6.45) is 3.45. The second kappa shape index (κ2) is 9.42. The highest BCUT2D eigenvalue weighted by atomic mass is 35.5. The lowest BCUT2D eigenvalue weighted by Gasteiger charge is -2.33. The molecular formula is C28H30ClFN4O3. The molecule has 2 aromatic carbocycles. The second-order valence-electron chi connectivity index (χ2n) is 10.3. The standard InChI is InChI=1S/C28H30ClFN4O3/c1-15-27(16(2)37-32-15)17-3-10-24-23(13-17)31-28(34(24)18-4-7-20(35)8-5-18)25-11-12-26(36)33(25)19-6-9-22(30)21(29)14-19/h3,6,9-10,13-14,18,20,25-26,35-36H,4-5,7-8,11-12H2,1-2H3/t18?,20?,25-,26?/m0/s1. The summed E-state index contributed by atoms with van der Waals surface area (Å²) in [7, 11) is 0. The van der Waals surface area contributed by atoms with E-state index in [1.165, 1.54) is 6.07 Å². The van der Waals surface area contributed by atoms with E-state index in [2.05, 4.69) is 27.9 Å². The molecule has 1 saturated carbocycles. The van der Waals surface area contributed by atoms with E-state index in [1.54, 1.807) is 12.1 Å². The summed E-state index contributed by atoms with van der Waals surface area (Å²) >= 11 is 6.12. The Labute approximate surface area is 219 Å². The summed E-state index contributed by atoms with van der Waals surface area (Å²) in [5, 5.41) is 25.3. The topological polar surface area (TPSA) is 87.6 Å². The third-order valence-corrected chi connectivity index (χ3v) is 8.21. The van der Waals surface area contributed by atoms with Crippen LogP contribution in [-0.4, -0.2) is 37.3 Å². The predicted octanol–water partition coefficient (Wildman–Crippen LogP) is 6.24. The fourth-order valence-corrected chi connectivity index (χ4v) is 6.32. The molecule has 2 aliphatic rings. The van der Waals surface area contributed by atoms with Gasteiger partial charge in [-0.25, -0.2) is 9.37 Å². The molecule has 194 valence electrons. The average Bonchev–Trinajstić information content (AvgIpc) is 3.55. The molecule has 0 bridgehead atoms. The van der Waals surface area contributed by atoms with Crippen LogP contribution in [0.3, 0.4) is 0 Å². The van der Waals surface area contributed by atoms with Crippen LogP contribution in [0.5, 0.6) is 0 Å². The Morgan fingerprint density at radius 1 is 1.00 bits per heavy atom. The lowest BCUT2D eigenvalue weighted by molar-refractivity contribution is 0.110. The van der Waals surface area contributed by atoms with Crippen molar-refractivity contribution < 1.29 is 19.1 Å². The molecule has 7 nitrogen and oxygen atoms in total. The Morgan fingerprint density at radius 2 is 1.78 bits per heavy atom. The Kier molecular flexibility index (Phi) is 6.21. The smallest absolute Gasteiger partial charge is 0.141 e. The van der Waals surface area contributed by atoms with Gasteiger partial charge in [0.15, 0.2) is 0 Å². The zero-order valence-electron chi connectivity index (χ0n) is 20.9. The van der Waals surface area contributed by atoms with Gasteiger partial charge in [-0.15, -0.1) is 0 Å². The Hall–Kier alpha value is -2.94. The van der Waals surface area contributed by atoms with Crippen LogP contribution in [0.2, 0.25) is 5.02 Å². The fourth-order valence-electron chi connectivity index (χ4n) is 6.15. The molecule has 1 unspecified atom stereocenters. The van der Waals surface area contributed by atoms with E-state index in [0.29, 0.717) is 18.5 Å². The number of aryl methyl sites for hydroxylation is 2. The van der Waals surface area contributed by atoms with E-state index < -0.39 is 12.0 Å². The summed E-state index contributed by atoms with van der Waals surface area (Å²) in [5.41, 5.74) is 5.33. The molecule has 1 aliphatic carbocycles. The molecule has 3 heterocycles. The van der Waals surface area contributed by atoms with Crippen LogP contribution < -0.4 is 4.90 Å². The van der Waals surface area contributed by atoms with Crippen LogP contribution in [0.25, 0.3) is 22.2 Å². The van der Waals surface area contributed by atoms with Gasteiger partial charge < -0.3 is 24.2 Å². The molecule has 1 saturated heterocycles. The zero-order chi connectivity index (χ0) is 25.8. The number of imidazole rings is 1. The predicted molar refractivity (Wildman–Crippen MR) is 140 cm³/mol. The number of halogens is 2. The number of aliphatic hydroxyl groups is 2. The minimum absolute atomic E-state index is 0.0224. The molecule has 2 N–H and O–H groups in total. The number of rotatable bonds is 4. The van der Waals surface area contributed by atoms with Crippen LogP contribution in [0.1, 0.15) is 67.9 Å². The van der Waals surface area contributed by atoms with Crippen molar-refractivity contribution in [2.24, 2.45) is 0 Å². The molecule has 1 aliphatic heterocycles. The maximum absolute atomic E-state index is 13.9. The average molecular weight is 525 g/mol. The summed E-state index contributed by atoms with van der Waals surface area (Å²) in [6.45, 7) is 3.83. The summed E-state index contributed by atoms with van der Waals surface area (Å²) in [5.74, 6) is 1.14. The Balaban J connectivity index is 1.50. The SMILES string of the molecule is Cc1noc(C)c1-c1ccc2c(c1)nc([C@@H]1CCC(O)N1c1ccc(F)c(Cl)c1)n2C1CCC(O)CC1. The van der Waals surface area contributed by atoms with E-state index in [-0.39, 0.29) is 23.2 Å². The van der Waals surface area contributed by atoms with Crippen LogP contribution in [0.15, 0.2) is 40.9 Å². The molecule has 4 aromatic rings. The van der Waals surface area contributed by atoms with Crippen LogP contribution in [-0.2, 0) is 0 Å². The molecule has 2 fully saturated rings. The maximum Gasteiger partial charge on any atom is 0.141 e. The van der Waals surface area contributed by atoms with E-state index in [4.69, 9.17) is 21.1 Å². The molecule has 6 rings (SSSR count). The van der Waals surface area contributed by atoms with Crippen molar-refractivity contribution in [3.8, 4) is 11.1 Å². The van der Waals surface area contributed by atoms with Gasteiger partial charge in [0.2, 0.25) is 0 Å². The first-order chi connectivity index (χ1) is 17.8. The molecule has 0 spiro atoms. The van der Waals surface area contributed by atoms with Gasteiger partial charge in [-0.3, -0.25) is 0 Å². The zero-order valence-corrected chi connectivity index (χ0v) is 21.6. The van der Waals surface area contributed by atoms with Crippen molar-refractivity contribution >= 4 is 28.3 Å². The van der Waals surface area contributed by atoms with Gasteiger partial charge in [0.1, 0.15) is 23.6 Å². The van der Waals surface area contributed by atoms with Gasteiger partial charge in [-0.1, -0.05) is 22.8 Å². The van der Waals surface area contributed by atoms with Gasteiger partial charge in [0.05, 0.1) is 33.9 Å².